The summed E-state index contributed by atoms with van der Waals surface area (Å²) in [6.07, 6.45) is 1.88. The first-order valence-corrected chi connectivity index (χ1v) is 10.1. The summed E-state index contributed by atoms with van der Waals surface area (Å²) in [4.78, 5) is 19.4. The van der Waals surface area contributed by atoms with Crippen LogP contribution in [0.3, 0.4) is 0 Å². The van der Waals surface area contributed by atoms with Crippen molar-refractivity contribution < 1.29 is 9.32 Å². The SMILES string of the molecule is Cc1ccc(NC(=O)[C@@H]2CCCN(Cc3noc(-c4ccc(C)cc4)n3)C2)cc1. The lowest BCUT2D eigenvalue weighted by Crippen LogP contribution is -2.40. The Morgan fingerprint density at radius 2 is 1.79 bits per heavy atom. The predicted octanol–water partition coefficient (Wildman–Crippen LogP) is 4.20. The Morgan fingerprint density at radius 1 is 1.10 bits per heavy atom. The van der Waals surface area contributed by atoms with Crippen LogP contribution in [0.4, 0.5) is 5.69 Å². The number of carbonyl (C=O) groups is 1. The molecule has 3 aromatic rings. The second-order valence-corrected chi connectivity index (χ2v) is 7.81. The number of nitrogens with zero attached hydrogens (tertiary/aromatic N) is 3. The number of benzene rings is 2. The second-order valence-electron chi connectivity index (χ2n) is 7.81. The smallest absolute Gasteiger partial charge is 0.257 e. The minimum atomic E-state index is -0.0338. The fourth-order valence-electron chi connectivity index (χ4n) is 3.63. The van der Waals surface area contributed by atoms with Crippen molar-refractivity contribution in [1.29, 1.82) is 0 Å². The largest absolute Gasteiger partial charge is 0.334 e. The Labute approximate surface area is 170 Å². The maximum atomic E-state index is 12.7. The number of nitrogens with one attached hydrogen (secondary N) is 1. The zero-order valence-corrected chi connectivity index (χ0v) is 16.9. The average molecular weight is 390 g/mol. The van der Waals surface area contributed by atoms with Crippen LogP contribution in [0.5, 0.6) is 0 Å². The molecule has 1 aliphatic heterocycles. The first-order chi connectivity index (χ1) is 14.1. The molecule has 0 unspecified atom stereocenters. The quantitative estimate of drug-likeness (QED) is 0.707. The third-order valence-electron chi connectivity index (χ3n) is 5.33. The number of likely N-dealkylation sites (tertiary alicyclic amines) is 1. The van der Waals surface area contributed by atoms with E-state index in [0.717, 1.165) is 30.6 Å². The third kappa shape index (κ3) is 4.90. The van der Waals surface area contributed by atoms with E-state index in [9.17, 15) is 4.79 Å². The van der Waals surface area contributed by atoms with Crippen molar-refractivity contribution >= 4 is 11.6 Å². The summed E-state index contributed by atoms with van der Waals surface area (Å²) in [5, 5.41) is 7.16. The number of hydrogen-bond donors (Lipinski definition) is 1. The first-order valence-electron chi connectivity index (χ1n) is 10.1. The molecule has 2 heterocycles. The van der Waals surface area contributed by atoms with Crippen molar-refractivity contribution in [2.75, 3.05) is 18.4 Å². The number of aromatic nitrogens is 2. The Morgan fingerprint density at radius 3 is 2.52 bits per heavy atom. The monoisotopic (exact) mass is 390 g/mol. The van der Waals surface area contributed by atoms with Crippen molar-refractivity contribution in [2.24, 2.45) is 5.92 Å². The molecular formula is C23H26N4O2. The van der Waals surface area contributed by atoms with Crippen molar-refractivity contribution in [3.8, 4) is 11.5 Å². The molecule has 0 spiro atoms. The van der Waals surface area contributed by atoms with Gasteiger partial charge in [0.2, 0.25) is 5.91 Å². The van der Waals surface area contributed by atoms with Gasteiger partial charge in [-0.2, -0.15) is 4.98 Å². The average Bonchev–Trinajstić information content (AvgIpc) is 3.19. The molecule has 0 saturated carbocycles. The van der Waals surface area contributed by atoms with Crippen molar-refractivity contribution in [1.82, 2.24) is 15.0 Å². The molecule has 1 fully saturated rings. The van der Waals surface area contributed by atoms with Crippen LogP contribution in [0.25, 0.3) is 11.5 Å². The molecule has 1 N–H and O–H groups in total. The molecule has 0 aliphatic carbocycles. The highest BCUT2D eigenvalue weighted by Crippen LogP contribution is 2.22. The van der Waals surface area contributed by atoms with E-state index in [4.69, 9.17) is 4.52 Å². The zero-order chi connectivity index (χ0) is 20.2. The Hall–Kier alpha value is -2.99. The topological polar surface area (TPSA) is 71.3 Å². The molecule has 1 amide bonds. The van der Waals surface area contributed by atoms with Crippen LogP contribution in [-0.4, -0.2) is 34.0 Å². The van der Waals surface area contributed by atoms with E-state index >= 15 is 0 Å². The molecule has 0 bridgehead atoms. The number of anilines is 1. The van der Waals surface area contributed by atoms with Crippen molar-refractivity contribution in [3.63, 3.8) is 0 Å². The van der Waals surface area contributed by atoms with Crippen molar-refractivity contribution in [2.45, 2.75) is 33.2 Å². The van der Waals surface area contributed by atoms with Gasteiger partial charge in [0, 0.05) is 17.8 Å². The second kappa shape index (κ2) is 8.57. The molecule has 0 radical (unpaired) electrons. The normalized spacial score (nSPS) is 17.2. The lowest BCUT2D eigenvalue weighted by molar-refractivity contribution is -0.121. The van der Waals surface area contributed by atoms with Gasteiger partial charge in [0.05, 0.1) is 12.5 Å². The molecule has 1 aliphatic rings. The summed E-state index contributed by atoms with van der Waals surface area (Å²) >= 11 is 0. The standard InChI is InChI=1S/C23H26N4O2/c1-16-5-9-18(10-6-16)23-25-21(26-29-23)15-27-13-3-4-19(14-27)22(28)24-20-11-7-17(2)8-12-20/h5-12,19H,3-4,13-15H2,1-2H3,(H,24,28)/t19-/m1/s1. The van der Waals surface area contributed by atoms with E-state index in [0.29, 0.717) is 24.8 Å². The van der Waals surface area contributed by atoms with Gasteiger partial charge in [-0.05, 0) is 57.5 Å². The van der Waals surface area contributed by atoms with Crippen LogP contribution in [-0.2, 0) is 11.3 Å². The molecular weight excluding hydrogens is 364 g/mol. The molecule has 29 heavy (non-hydrogen) atoms. The van der Waals surface area contributed by atoms with Crippen molar-refractivity contribution in [3.05, 3.63) is 65.5 Å². The molecule has 6 nitrogen and oxygen atoms in total. The molecule has 1 atom stereocenters. The number of amides is 1. The Bertz CT molecular complexity index is 963. The summed E-state index contributed by atoms with van der Waals surface area (Å²) in [7, 11) is 0. The van der Waals surface area contributed by atoms with E-state index in [1.165, 1.54) is 11.1 Å². The number of piperidine rings is 1. The highest BCUT2D eigenvalue weighted by molar-refractivity contribution is 5.92. The van der Waals surface area contributed by atoms with Gasteiger partial charge < -0.3 is 9.84 Å². The lowest BCUT2D eigenvalue weighted by Gasteiger charge is -2.31. The van der Waals surface area contributed by atoms with Gasteiger partial charge in [0.15, 0.2) is 5.82 Å². The minimum Gasteiger partial charge on any atom is -0.334 e. The van der Waals surface area contributed by atoms with Crippen LogP contribution >= 0.6 is 0 Å². The maximum Gasteiger partial charge on any atom is 0.257 e. The predicted molar refractivity (Wildman–Crippen MR) is 112 cm³/mol. The van der Waals surface area contributed by atoms with Gasteiger partial charge in [-0.15, -0.1) is 0 Å². The molecule has 2 aromatic carbocycles. The summed E-state index contributed by atoms with van der Waals surface area (Å²) in [5.41, 5.74) is 4.13. The molecule has 1 aromatic heterocycles. The fourth-order valence-corrected chi connectivity index (χ4v) is 3.63. The van der Waals surface area contributed by atoms with E-state index in [1.807, 2.05) is 62.4 Å². The van der Waals surface area contributed by atoms with Crippen LogP contribution in [0.15, 0.2) is 53.1 Å². The number of aryl methyl sites for hydroxylation is 2. The maximum absolute atomic E-state index is 12.7. The van der Waals surface area contributed by atoms with E-state index in [-0.39, 0.29) is 11.8 Å². The summed E-state index contributed by atoms with van der Waals surface area (Å²) in [5.74, 6) is 1.23. The third-order valence-corrected chi connectivity index (χ3v) is 5.33. The van der Waals surface area contributed by atoms with E-state index in [1.54, 1.807) is 0 Å². The zero-order valence-electron chi connectivity index (χ0n) is 16.9. The first kappa shape index (κ1) is 19.3. The van der Waals surface area contributed by atoms with E-state index < -0.39 is 0 Å². The molecule has 150 valence electrons. The molecule has 1 saturated heterocycles. The Balaban J connectivity index is 1.35. The van der Waals surface area contributed by atoms with Gasteiger partial charge in [-0.25, -0.2) is 0 Å². The Kier molecular flexibility index (Phi) is 5.71. The van der Waals surface area contributed by atoms with Gasteiger partial charge >= 0.3 is 0 Å². The summed E-state index contributed by atoms with van der Waals surface area (Å²) in [6, 6.07) is 15.9. The van der Waals surface area contributed by atoms with Crippen LogP contribution in [0, 0.1) is 19.8 Å². The molecule has 4 rings (SSSR count). The summed E-state index contributed by atoms with van der Waals surface area (Å²) in [6.45, 7) is 6.30. The number of rotatable bonds is 5. The van der Waals surface area contributed by atoms with E-state index in [2.05, 4.69) is 20.4 Å². The van der Waals surface area contributed by atoms with Gasteiger partial charge in [0.1, 0.15) is 0 Å². The fraction of sp³-hybridized carbons (Fsp3) is 0.348. The number of hydrogen-bond acceptors (Lipinski definition) is 5. The minimum absolute atomic E-state index is 0.0338. The highest BCUT2D eigenvalue weighted by atomic mass is 16.5. The lowest BCUT2D eigenvalue weighted by atomic mass is 9.97. The van der Waals surface area contributed by atoms with Gasteiger partial charge in [-0.3, -0.25) is 9.69 Å². The van der Waals surface area contributed by atoms with Crippen LogP contribution < -0.4 is 5.32 Å². The van der Waals surface area contributed by atoms with Crippen LogP contribution in [0.1, 0.15) is 29.8 Å². The van der Waals surface area contributed by atoms with Crippen LogP contribution in [0.2, 0.25) is 0 Å². The molecule has 6 heteroatoms. The van der Waals surface area contributed by atoms with Gasteiger partial charge in [0.25, 0.3) is 5.89 Å². The summed E-state index contributed by atoms with van der Waals surface area (Å²) < 4.78 is 5.43. The number of carbonyl (C=O) groups excluding carboxylic acids is 1. The highest BCUT2D eigenvalue weighted by Gasteiger charge is 2.27. The van der Waals surface area contributed by atoms with Gasteiger partial charge in [-0.1, -0.05) is 40.5 Å².